The molecular formula is C10H17N5O10P2. The fourth-order valence-corrected chi connectivity index (χ4v) is 4.10. The largest absolute Gasteiger partial charge is 0.481 e. The van der Waals surface area contributed by atoms with Crippen molar-refractivity contribution < 1.29 is 48.0 Å². The zero-order valence-electron chi connectivity index (χ0n) is 13.4. The summed E-state index contributed by atoms with van der Waals surface area (Å²) in [4.78, 5) is 38.2. The summed E-state index contributed by atoms with van der Waals surface area (Å²) in [6.07, 6.45) is -0.227. The summed E-state index contributed by atoms with van der Waals surface area (Å²) in [6, 6.07) is 0. The summed E-state index contributed by atoms with van der Waals surface area (Å²) in [5, 5.41) is 10.2. The van der Waals surface area contributed by atoms with Gasteiger partial charge < -0.3 is 35.7 Å². The van der Waals surface area contributed by atoms with Crippen molar-refractivity contribution in [3.05, 3.63) is 12.7 Å². The lowest BCUT2D eigenvalue weighted by Crippen LogP contribution is -2.19. The van der Waals surface area contributed by atoms with Crippen molar-refractivity contribution in [3.8, 4) is 0 Å². The molecule has 1 saturated heterocycles. The third-order valence-corrected chi connectivity index (χ3v) is 5.61. The average Bonchev–Trinajstić information content (AvgIpc) is 3.07. The van der Waals surface area contributed by atoms with E-state index in [4.69, 9.17) is 20.3 Å². The van der Waals surface area contributed by atoms with E-state index in [1.165, 1.54) is 17.2 Å². The van der Waals surface area contributed by atoms with Gasteiger partial charge in [-0.2, -0.15) is 4.31 Å². The highest BCUT2D eigenvalue weighted by molar-refractivity contribution is 7.60. The van der Waals surface area contributed by atoms with Gasteiger partial charge in [-0.25, -0.2) is 24.1 Å². The van der Waals surface area contributed by atoms with Gasteiger partial charge in [-0.05, 0) is 0 Å². The normalized spacial score (nSPS) is 25.3. The molecule has 17 heteroatoms. The Balaban J connectivity index is 0.00000261. The van der Waals surface area contributed by atoms with E-state index in [2.05, 4.69) is 23.8 Å². The number of hydrogen-bond donors (Lipinski definition) is 5. The predicted octanol–water partition coefficient (Wildman–Crippen LogP) is -1.54. The van der Waals surface area contributed by atoms with E-state index in [1.54, 1.807) is 0 Å². The van der Waals surface area contributed by atoms with Crippen LogP contribution in [0.1, 0.15) is 12.6 Å². The Labute approximate surface area is 150 Å². The first-order valence-electron chi connectivity index (χ1n) is 7.06. The van der Waals surface area contributed by atoms with Crippen LogP contribution in [0.4, 0.5) is 5.82 Å². The number of phosphoric acid groups is 2. The molecule has 0 radical (unpaired) electrons. The molecule has 1 aliphatic rings. The fraction of sp³-hybridized carbons (Fsp3) is 0.500. The van der Waals surface area contributed by atoms with E-state index in [-0.39, 0.29) is 17.7 Å². The second-order valence-corrected chi connectivity index (χ2v) is 8.20. The van der Waals surface area contributed by atoms with Gasteiger partial charge in [-0.15, -0.1) is 0 Å². The molecule has 0 bridgehead atoms. The number of rotatable bonds is 6. The van der Waals surface area contributed by atoms with Gasteiger partial charge in [0.1, 0.15) is 17.9 Å². The number of hydrogen-bond acceptors (Lipinski definition) is 10. The molecule has 27 heavy (non-hydrogen) atoms. The number of aliphatic hydroxyl groups is 1. The first-order chi connectivity index (χ1) is 12.1. The minimum atomic E-state index is -5.21. The van der Waals surface area contributed by atoms with E-state index in [0.29, 0.717) is 11.2 Å². The number of ether oxygens (including phenoxy) is 1. The Morgan fingerprint density at radius 1 is 1.30 bits per heavy atom. The van der Waals surface area contributed by atoms with Gasteiger partial charge in [0.05, 0.1) is 19.0 Å². The number of phosphoric ester groups is 1. The first-order valence-corrected chi connectivity index (χ1v) is 10.1. The zero-order chi connectivity index (χ0) is 19.1. The molecule has 1 unspecified atom stereocenters. The van der Waals surface area contributed by atoms with Crippen LogP contribution in [0.3, 0.4) is 0 Å². The molecule has 1 fully saturated rings. The standard InChI is InChI=1S/C10H15N5O9P2.H2O/c11-8-7-9(13-3-12-8)15(4-14-7)10-6(16)1-5(23-10)2-22-26(20,21)24-25(17,18)19;/h3-6,10,16H,1-2H2,(H,20,21)(H2,11,12,13)(H2,17,18,19);1H2/t5-,6+,10+;/m0./s1. The van der Waals surface area contributed by atoms with Gasteiger partial charge in [-0.3, -0.25) is 9.09 Å². The van der Waals surface area contributed by atoms with Gasteiger partial charge in [0, 0.05) is 6.42 Å². The van der Waals surface area contributed by atoms with Gasteiger partial charge in [0.2, 0.25) is 0 Å². The topological polar surface area (TPSA) is 244 Å². The summed E-state index contributed by atoms with van der Waals surface area (Å²) in [7, 11) is -10.2. The molecule has 0 saturated carbocycles. The molecule has 0 aromatic carbocycles. The van der Waals surface area contributed by atoms with Gasteiger partial charge in [-0.1, -0.05) is 0 Å². The first kappa shape index (κ1) is 21.8. The summed E-state index contributed by atoms with van der Waals surface area (Å²) >= 11 is 0. The van der Waals surface area contributed by atoms with Crippen LogP contribution in [-0.2, 0) is 22.7 Å². The summed E-state index contributed by atoms with van der Waals surface area (Å²) in [5.74, 6) is 0.150. The number of aliphatic hydroxyl groups excluding tert-OH is 1. The van der Waals surface area contributed by atoms with Crippen LogP contribution in [0, 0.1) is 0 Å². The molecule has 0 amide bonds. The molecule has 152 valence electrons. The second-order valence-electron chi connectivity index (χ2n) is 5.37. The van der Waals surface area contributed by atoms with Crippen LogP contribution >= 0.6 is 15.6 Å². The highest BCUT2D eigenvalue weighted by atomic mass is 31.3. The lowest BCUT2D eigenvalue weighted by Gasteiger charge is -2.17. The molecule has 1 aliphatic heterocycles. The number of fused-ring (bicyclic) bond motifs is 1. The smallest absolute Gasteiger partial charge is 0.412 e. The number of imidazole rings is 1. The zero-order valence-corrected chi connectivity index (χ0v) is 15.2. The number of aromatic nitrogens is 4. The molecule has 2 aromatic rings. The SMILES string of the molecule is Nc1ncnc2c1ncn2[C@@H]1O[C@H](COP(=O)(O)OP(=O)(O)O)C[C@H]1O.O. The van der Waals surface area contributed by atoms with Crippen molar-refractivity contribution in [1.29, 1.82) is 0 Å². The lowest BCUT2D eigenvalue weighted by molar-refractivity contribution is -0.0481. The van der Waals surface area contributed by atoms with E-state index in [1.807, 2.05) is 0 Å². The maximum absolute atomic E-state index is 11.4. The molecular weight excluding hydrogens is 412 g/mol. The van der Waals surface area contributed by atoms with Crippen molar-refractivity contribution >= 4 is 32.6 Å². The van der Waals surface area contributed by atoms with Crippen LogP contribution in [0.2, 0.25) is 0 Å². The lowest BCUT2D eigenvalue weighted by atomic mass is 10.2. The van der Waals surface area contributed by atoms with Crippen molar-refractivity contribution in [1.82, 2.24) is 19.5 Å². The molecule has 3 rings (SSSR count). The Hall–Kier alpha value is -1.51. The Morgan fingerprint density at radius 2 is 2.00 bits per heavy atom. The third kappa shape index (κ3) is 5.06. The van der Waals surface area contributed by atoms with Crippen LogP contribution in [0.25, 0.3) is 11.2 Å². The number of nitrogens with zero attached hydrogens (tertiary/aromatic N) is 4. The Morgan fingerprint density at radius 3 is 2.67 bits per heavy atom. The summed E-state index contributed by atoms with van der Waals surface area (Å²) < 4.78 is 37.2. The quantitative estimate of drug-likeness (QED) is 0.327. The number of anilines is 1. The van der Waals surface area contributed by atoms with Crippen molar-refractivity contribution in [3.63, 3.8) is 0 Å². The van der Waals surface area contributed by atoms with Gasteiger partial charge in [0.15, 0.2) is 17.7 Å². The summed E-state index contributed by atoms with van der Waals surface area (Å²) in [6.45, 7) is -0.551. The summed E-state index contributed by atoms with van der Waals surface area (Å²) in [5.41, 5.74) is 6.33. The minimum Gasteiger partial charge on any atom is -0.412 e. The molecule has 8 N–H and O–H groups in total. The van der Waals surface area contributed by atoms with E-state index in [0.717, 1.165) is 0 Å². The molecule has 4 atom stereocenters. The monoisotopic (exact) mass is 429 g/mol. The Bertz CT molecular complexity index is 902. The predicted molar refractivity (Wildman–Crippen MR) is 86.8 cm³/mol. The van der Waals surface area contributed by atoms with E-state index in [9.17, 15) is 19.1 Å². The maximum atomic E-state index is 11.4. The van der Waals surface area contributed by atoms with Crippen LogP contribution < -0.4 is 5.73 Å². The second kappa shape index (κ2) is 7.85. The van der Waals surface area contributed by atoms with Crippen molar-refractivity contribution in [2.75, 3.05) is 12.3 Å². The molecule has 0 aliphatic carbocycles. The fourth-order valence-electron chi connectivity index (χ4n) is 2.48. The van der Waals surface area contributed by atoms with Crippen molar-refractivity contribution in [2.45, 2.75) is 24.9 Å². The minimum absolute atomic E-state index is 0. The molecule has 15 nitrogen and oxygen atoms in total. The van der Waals surface area contributed by atoms with Crippen LogP contribution in [-0.4, -0.2) is 63.6 Å². The molecule has 3 heterocycles. The molecule has 0 spiro atoms. The van der Waals surface area contributed by atoms with Gasteiger partial charge >= 0.3 is 15.6 Å². The Kier molecular flexibility index (Phi) is 6.33. The number of nitrogens with two attached hydrogens (primary N) is 1. The van der Waals surface area contributed by atoms with E-state index < -0.39 is 40.7 Å². The van der Waals surface area contributed by atoms with Crippen LogP contribution in [0.15, 0.2) is 12.7 Å². The van der Waals surface area contributed by atoms with Crippen LogP contribution in [0.5, 0.6) is 0 Å². The number of nitrogen functional groups attached to an aromatic ring is 1. The third-order valence-electron chi connectivity index (χ3n) is 3.46. The molecule has 2 aromatic heterocycles. The van der Waals surface area contributed by atoms with E-state index >= 15 is 0 Å². The van der Waals surface area contributed by atoms with Gasteiger partial charge in [0.25, 0.3) is 0 Å². The maximum Gasteiger partial charge on any atom is 0.481 e. The highest BCUT2D eigenvalue weighted by Gasteiger charge is 2.39. The average molecular weight is 429 g/mol. The highest BCUT2D eigenvalue weighted by Crippen LogP contribution is 2.57. The van der Waals surface area contributed by atoms with Crippen molar-refractivity contribution in [2.24, 2.45) is 0 Å².